The van der Waals surface area contributed by atoms with Crippen molar-refractivity contribution in [1.29, 1.82) is 0 Å². The van der Waals surface area contributed by atoms with Crippen molar-refractivity contribution in [1.82, 2.24) is 0 Å². The second kappa shape index (κ2) is 65.3. The number of hydrogen-bond donors (Lipinski definition) is 1. The van der Waals surface area contributed by atoms with Crippen LogP contribution in [0.4, 0.5) is 0 Å². The molecule has 0 fully saturated rings. The number of rotatable bonds is 62. The molecule has 0 heterocycles. The Morgan fingerprint density at radius 1 is 0.372 bits per heavy atom. The number of likely N-dealkylation sites (N-methyl/N-ethyl adjacent to an activating group) is 1. The van der Waals surface area contributed by atoms with Crippen LogP contribution in [-0.2, 0) is 32.7 Å². The molecule has 1 N–H and O–H groups in total. The first-order valence-corrected chi connectivity index (χ1v) is 36.1. The van der Waals surface area contributed by atoms with E-state index in [-0.39, 0.29) is 32.0 Å². The van der Waals surface area contributed by atoms with Crippen molar-refractivity contribution in [2.75, 3.05) is 47.5 Å². The fraction of sp³-hybridized carbons (Fsp3) is 0.658. The van der Waals surface area contributed by atoms with E-state index in [0.29, 0.717) is 17.4 Å². The van der Waals surface area contributed by atoms with E-state index in [9.17, 15) is 19.0 Å². The summed E-state index contributed by atoms with van der Waals surface area (Å²) in [7, 11) is 1.44. The third-order valence-corrected chi connectivity index (χ3v) is 15.4. The average Bonchev–Trinajstić information content (AvgIpc) is 3.56. The van der Waals surface area contributed by atoms with Gasteiger partial charge in [0.05, 0.1) is 27.7 Å². The highest BCUT2D eigenvalue weighted by Crippen LogP contribution is 2.43. The summed E-state index contributed by atoms with van der Waals surface area (Å²) < 4.78 is 34.6. The van der Waals surface area contributed by atoms with Gasteiger partial charge in [0.1, 0.15) is 19.8 Å². The molecule has 490 valence electrons. The molecule has 9 nitrogen and oxygen atoms in total. The van der Waals surface area contributed by atoms with E-state index in [1.807, 2.05) is 21.1 Å². The summed E-state index contributed by atoms with van der Waals surface area (Å²) in [4.78, 5) is 35.8. The Bertz CT molecular complexity index is 1960. The molecule has 10 heteroatoms. The zero-order chi connectivity index (χ0) is 62.6. The molecule has 0 rings (SSSR count). The summed E-state index contributed by atoms with van der Waals surface area (Å²) in [6.07, 6.45) is 96.7. The van der Waals surface area contributed by atoms with E-state index in [0.717, 1.165) is 109 Å². The smallest absolute Gasteiger partial charge is 0.462 e. The number of phosphoric acid groups is 1. The second-order valence-electron chi connectivity index (χ2n) is 23.8. The summed E-state index contributed by atoms with van der Waals surface area (Å²) in [6, 6.07) is 0. The van der Waals surface area contributed by atoms with Crippen molar-refractivity contribution in [3.05, 3.63) is 146 Å². The molecular weight excluding hydrogens is 1090 g/mol. The fourth-order valence-corrected chi connectivity index (χ4v) is 9.86. The van der Waals surface area contributed by atoms with Gasteiger partial charge in [-0.05, 0) is 103 Å². The first-order chi connectivity index (χ1) is 42.0. The van der Waals surface area contributed by atoms with Crippen molar-refractivity contribution in [2.24, 2.45) is 0 Å². The van der Waals surface area contributed by atoms with Crippen LogP contribution in [0.15, 0.2) is 146 Å². The quantitative estimate of drug-likeness (QED) is 0.0211. The highest BCUT2D eigenvalue weighted by Gasteiger charge is 2.27. The number of unbranched alkanes of at least 4 members (excludes halogenated alkanes) is 24. The monoisotopic (exact) mass is 1210 g/mol. The van der Waals surface area contributed by atoms with Crippen LogP contribution in [0.2, 0.25) is 0 Å². The molecule has 0 radical (unpaired) electrons. The lowest BCUT2D eigenvalue weighted by Crippen LogP contribution is -2.37. The molecule has 2 atom stereocenters. The number of hydrogen-bond acceptors (Lipinski definition) is 7. The lowest BCUT2D eigenvalue weighted by atomic mass is 10.0. The number of quaternary nitrogens is 1. The van der Waals surface area contributed by atoms with Gasteiger partial charge in [0.15, 0.2) is 6.10 Å². The zero-order valence-corrected chi connectivity index (χ0v) is 56.6. The summed E-state index contributed by atoms with van der Waals surface area (Å²) in [5.74, 6) is -0.849. The Labute approximate surface area is 529 Å². The summed E-state index contributed by atoms with van der Waals surface area (Å²) in [5, 5.41) is 0. The molecule has 2 unspecified atom stereocenters. The van der Waals surface area contributed by atoms with Crippen LogP contribution in [0, 0.1) is 0 Å². The van der Waals surface area contributed by atoms with E-state index >= 15 is 0 Å². The van der Waals surface area contributed by atoms with Crippen molar-refractivity contribution in [3.8, 4) is 0 Å². The third kappa shape index (κ3) is 69.0. The van der Waals surface area contributed by atoms with Crippen LogP contribution >= 0.6 is 7.82 Å². The minimum absolute atomic E-state index is 0.0170. The van der Waals surface area contributed by atoms with Crippen LogP contribution < -0.4 is 0 Å². The molecule has 0 aromatic rings. The Morgan fingerprint density at radius 2 is 0.663 bits per heavy atom. The fourth-order valence-electron chi connectivity index (χ4n) is 9.12. The Kier molecular flexibility index (Phi) is 62.2. The molecule has 86 heavy (non-hydrogen) atoms. The van der Waals surface area contributed by atoms with Gasteiger partial charge in [-0.25, -0.2) is 4.57 Å². The Morgan fingerprint density at radius 3 is 0.988 bits per heavy atom. The lowest BCUT2D eigenvalue weighted by Gasteiger charge is -2.24. The number of esters is 2. The molecule has 0 saturated carbocycles. The van der Waals surface area contributed by atoms with Crippen molar-refractivity contribution >= 4 is 19.8 Å². The number of ether oxygens (including phenoxy) is 2. The highest BCUT2D eigenvalue weighted by atomic mass is 31.2. The van der Waals surface area contributed by atoms with Crippen molar-refractivity contribution in [2.45, 2.75) is 277 Å². The predicted molar refractivity (Wildman–Crippen MR) is 371 cm³/mol. The van der Waals surface area contributed by atoms with Gasteiger partial charge in [-0.2, -0.15) is 0 Å². The van der Waals surface area contributed by atoms with Gasteiger partial charge in [-0.1, -0.05) is 301 Å². The van der Waals surface area contributed by atoms with Crippen LogP contribution in [0.5, 0.6) is 0 Å². The summed E-state index contributed by atoms with van der Waals surface area (Å²) in [5.41, 5.74) is 0. The predicted octanol–water partition coefficient (Wildman–Crippen LogP) is 22.6. The molecule has 0 aliphatic heterocycles. The van der Waals surface area contributed by atoms with Gasteiger partial charge in [0, 0.05) is 12.8 Å². The first-order valence-electron chi connectivity index (χ1n) is 34.6. The molecule has 0 aliphatic rings. The van der Waals surface area contributed by atoms with Crippen molar-refractivity contribution in [3.63, 3.8) is 0 Å². The minimum atomic E-state index is -4.41. The summed E-state index contributed by atoms with van der Waals surface area (Å²) in [6.45, 7) is 4.28. The Hall–Kier alpha value is -4.11. The molecule has 0 bridgehead atoms. The van der Waals surface area contributed by atoms with E-state index in [4.69, 9.17) is 18.5 Å². The number of carbonyl (C=O) groups excluding carboxylic acids is 2. The molecule has 0 aromatic carbocycles. The number of allylic oxidation sites excluding steroid dienone is 24. The number of carbonyl (C=O) groups is 2. The first kappa shape index (κ1) is 81.9. The molecule has 0 saturated heterocycles. The lowest BCUT2D eigenvalue weighted by molar-refractivity contribution is -0.870. The number of phosphoric ester groups is 1. The summed E-state index contributed by atoms with van der Waals surface area (Å²) >= 11 is 0. The SMILES string of the molecule is CC/C=C\C/C=C\C/C=C\C/C=C\C/C=C\C/C=C\C/C=C\C/C=C\C/C=C\C/C=C\C/C=C\C/C=C\CCCCC(=O)OC(COC(=O)CCCCCCCCCCCCCCCCCCCCCCCCC)COP(=O)(O)OCC[N+](C)(C)C. The standard InChI is InChI=1S/C76H128NO8P/c1-6-8-10-12-14-16-18-20-22-24-26-28-30-31-32-33-34-35-36-37-38-39-40-41-42-43-44-45-47-49-51-53-55-57-59-61-63-65-67-69-76(79)85-74(73-84-86(80,81)83-71-70-77(3,4)5)72-82-75(78)68-66-64-62-60-58-56-54-52-50-48-46-29-27-25-23-21-19-17-15-13-11-9-7-2/h8,10,14,16,20,22,26,28,31-32,34-35,37-38,40-41,43-44,47,49,53,55,59,61,74H,6-7,9,11-13,15,17-19,21,23-25,27,29-30,33,36,39,42,45-46,48,50-52,54,56-58,60,62-73H2,1-5H3/p+1/b10-8-,16-14-,22-20-,28-26-,32-31-,35-34-,38-37-,41-40-,44-43-,49-47-,55-53-,61-59-. The normalized spacial score (nSPS) is 14.1. The zero-order valence-electron chi connectivity index (χ0n) is 55.7. The largest absolute Gasteiger partial charge is 0.472 e. The van der Waals surface area contributed by atoms with Crippen LogP contribution in [0.1, 0.15) is 271 Å². The highest BCUT2D eigenvalue weighted by molar-refractivity contribution is 7.47. The van der Waals surface area contributed by atoms with Gasteiger partial charge in [-0.3, -0.25) is 18.6 Å². The maximum Gasteiger partial charge on any atom is 0.472 e. The molecule has 0 spiro atoms. The van der Waals surface area contributed by atoms with E-state index in [1.165, 1.54) is 128 Å². The molecule has 0 aliphatic carbocycles. The van der Waals surface area contributed by atoms with Gasteiger partial charge < -0.3 is 18.9 Å². The molecule has 0 amide bonds. The minimum Gasteiger partial charge on any atom is -0.462 e. The third-order valence-electron chi connectivity index (χ3n) is 14.4. The average molecular weight is 1220 g/mol. The molecular formula is C76H129NO8P+. The van der Waals surface area contributed by atoms with Crippen LogP contribution in [-0.4, -0.2) is 74.9 Å². The van der Waals surface area contributed by atoms with Crippen LogP contribution in [0.25, 0.3) is 0 Å². The Balaban J connectivity index is 4.20. The molecule has 0 aromatic heterocycles. The van der Waals surface area contributed by atoms with E-state index in [1.54, 1.807) is 0 Å². The van der Waals surface area contributed by atoms with Gasteiger partial charge in [-0.15, -0.1) is 0 Å². The van der Waals surface area contributed by atoms with Gasteiger partial charge in [0.25, 0.3) is 0 Å². The van der Waals surface area contributed by atoms with Gasteiger partial charge in [0.2, 0.25) is 0 Å². The maximum absolute atomic E-state index is 12.9. The number of nitrogens with zero attached hydrogens (tertiary/aromatic N) is 1. The van der Waals surface area contributed by atoms with Gasteiger partial charge >= 0.3 is 19.8 Å². The maximum atomic E-state index is 12.9. The van der Waals surface area contributed by atoms with Crippen molar-refractivity contribution < 1.29 is 42.1 Å². The topological polar surface area (TPSA) is 108 Å². The van der Waals surface area contributed by atoms with E-state index < -0.39 is 26.5 Å². The van der Waals surface area contributed by atoms with E-state index in [2.05, 4.69) is 160 Å². The van der Waals surface area contributed by atoms with Crippen LogP contribution in [0.3, 0.4) is 0 Å². The second-order valence-corrected chi connectivity index (χ2v) is 25.3.